The smallest absolute Gasteiger partial charge is 0.361 e. The fourth-order valence-electron chi connectivity index (χ4n) is 7.57. The number of carbonyl (C=O) groups is 3. The van der Waals surface area contributed by atoms with Crippen molar-refractivity contribution in [1.29, 1.82) is 0 Å². The summed E-state index contributed by atoms with van der Waals surface area (Å²) >= 11 is 0. The molecule has 0 saturated heterocycles. The maximum atomic E-state index is 12.9. The highest BCUT2D eigenvalue weighted by molar-refractivity contribution is 5.71. The molecule has 0 aliphatic rings. The van der Waals surface area contributed by atoms with Crippen molar-refractivity contribution < 1.29 is 42.9 Å². The zero-order valence-corrected chi connectivity index (χ0v) is 52.5. The molecular weight excluding hydrogens is 1030 g/mol. The molecule has 9 nitrogen and oxygen atoms in total. The van der Waals surface area contributed by atoms with Crippen LogP contribution in [0.1, 0.15) is 194 Å². The molecule has 0 rings (SSSR count). The Hall–Kier alpha value is -5.87. The van der Waals surface area contributed by atoms with Crippen molar-refractivity contribution in [3.05, 3.63) is 194 Å². The third kappa shape index (κ3) is 63.6. The number of hydrogen-bond donors (Lipinski definition) is 1. The lowest BCUT2D eigenvalue weighted by Crippen LogP contribution is -2.40. The molecule has 0 aromatic carbocycles. The summed E-state index contributed by atoms with van der Waals surface area (Å²) in [5.74, 6) is -2.11. The summed E-state index contributed by atoms with van der Waals surface area (Å²) in [6.07, 6.45) is 93.7. The summed E-state index contributed by atoms with van der Waals surface area (Å²) in [4.78, 5) is 37.5. The number of unbranched alkanes of at least 4 members (excludes halogenated alkanes) is 8. The molecule has 1 N–H and O–H groups in total. The van der Waals surface area contributed by atoms with Crippen LogP contribution in [0.25, 0.3) is 0 Å². The number of carboxylic acids is 1. The van der Waals surface area contributed by atoms with Gasteiger partial charge in [0, 0.05) is 12.8 Å². The van der Waals surface area contributed by atoms with Gasteiger partial charge in [-0.05, 0) is 141 Å². The third-order valence-corrected chi connectivity index (χ3v) is 12.3. The van der Waals surface area contributed by atoms with E-state index in [4.69, 9.17) is 18.9 Å². The molecule has 0 spiro atoms. The van der Waals surface area contributed by atoms with Crippen molar-refractivity contribution in [3.63, 3.8) is 0 Å². The standard InChI is InChI=1S/C74H113NO8/c1-6-8-10-12-14-16-18-20-22-24-26-28-30-32-33-34-35-36-37-38-39-41-43-45-47-49-51-53-55-57-59-61-63-65-72(77)83-70(69-82-74(73(78)79)80-67-66-75(3,4)5)68-81-71(76)64-62-60-58-56-54-52-50-48-46-44-42-40-31-29-27-25-23-21-19-17-15-13-11-9-7-2/h8-11,14-17,20-23,26-29,32-33,35-36,38-40,42-43,45-46,48-49,51,55,57,70,74H,6-7,12-13,18-19,24-25,30-31,34,37,41,44,47,50,52-54,56,58-69H2,1-5H3/p+1/b10-8-,11-9-,16-14-,17-15-,22-20-,23-21-,28-26-,29-27-,33-32-,36-35-,39-38-,42-40-,45-43-,48-46-,51-49-,57-55-. The Morgan fingerprint density at radius 2 is 0.651 bits per heavy atom. The average Bonchev–Trinajstić information content (AvgIpc) is 3.46. The Balaban J connectivity index is 4.40. The number of carboxylic acid groups (broad SMARTS) is 1. The van der Waals surface area contributed by atoms with E-state index in [0.717, 1.165) is 154 Å². The third-order valence-electron chi connectivity index (χ3n) is 12.3. The molecule has 0 bridgehead atoms. The highest BCUT2D eigenvalue weighted by atomic mass is 16.7. The molecular formula is C74H114NO8+. The molecule has 462 valence electrons. The summed E-state index contributed by atoms with van der Waals surface area (Å²) in [6, 6.07) is 0. The summed E-state index contributed by atoms with van der Waals surface area (Å²) in [7, 11) is 5.93. The number of nitrogens with zero attached hydrogens (tertiary/aromatic N) is 1. The van der Waals surface area contributed by atoms with Gasteiger partial charge in [-0.15, -0.1) is 0 Å². The first kappa shape index (κ1) is 77.1. The second-order valence-electron chi connectivity index (χ2n) is 21.2. The van der Waals surface area contributed by atoms with E-state index in [0.29, 0.717) is 23.9 Å². The van der Waals surface area contributed by atoms with Crippen LogP contribution >= 0.6 is 0 Å². The summed E-state index contributed by atoms with van der Waals surface area (Å²) in [5, 5.41) is 9.72. The van der Waals surface area contributed by atoms with Crippen LogP contribution < -0.4 is 0 Å². The van der Waals surface area contributed by atoms with E-state index in [9.17, 15) is 19.5 Å². The lowest BCUT2D eigenvalue weighted by atomic mass is 10.1. The predicted octanol–water partition coefficient (Wildman–Crippen LogP) is 19.5. The van der Waals surface area contributed by atoms with E-state index < -0.39 is 24.3 Å². The number of carbonyl (C=O) groups excluding carboxylic acids is 2. The maximum Gasteiger partial charge on any atom is 0.361 e. The number of allylic oxidation sites excluding steroid dienone is 32. The number of aliphatic carboxylic acids is 1. The highest BCUT2D eigenvalue weighted by Crippen LogP contribution is 2.12. The largest absolute Gasteiger partial charge is 0.477 e. The van der Waals surface area contributed by atoms with E-state index in [-0.39, 0.29) is 38.6 Å². The minimum Gasteiger partial charge on any atom is -0.477 e. The SMILES string of the molecule is CC/C=C\C/C=C\C/C=C\C/C=C\C/C=C\C/C=C\C/C=C\C/C=C\C/C=C\C/C=C\CCCCC(=O)OC(COC(=O)CCCCCCCC/C=C\C/C=C\C/C=C\C/C=C\C/C=C\C/C=C\CC)COC(OCC[N+](C)(C)C)C(=O)O. The van der Waals surface area contributed by atoms with Gasteiger partial charge >= 0.3 is 17.9 Å². The lowest BCUT2D eigenvalue weighted by Gasteiger charge is -2.25. The van der Waals surface area contributed by atoms with Gasteiger partial charge in [0.25, 0.3) is 6.29 Å². The fraction of sp³-hybridized carbons (Fsp3) is 0.527. The van der Waals surface area contributed by atoms with Crippen molar-refractivity contribution in [3.8, 4) is 0 Å². The summed E-state index contributed by atoms with van der Waals surface area (Å²) in [6.45, 7) is 4.54. The van der Waals surface area contributed by atoms with Crippen molar-refractivity contribution in [2.75, 3.05) is 47.5 Å². The topological polar surface area (TPSA) is 108 Å². The average molecular weight is 1150 g/mol. The van der Waals surface area contributed by atoms with Crippen molar-refractivity contribution >= 4 is 17.9 Å². The lowest BCUT2D eigenvalue weighted by molar-refractivity contribution is -0.870. The van der Waals surface area contributed by atoms with Gasteiger partial charge in [-0.1, -0.05) is 234 Å². The zero-order valence-electron chi connectivity index (χ0n) is 52.5. The molecule has 83 heavy (non-hydrogen) atoms. The number of ether oxygens (including phenoxy) is 4. The van der Waals surface area contributed by atoms with Gasteiger partial charge in [0.1, 0.15) is 13.2 Å². The van der Waals surface area contributed by atoms with Gasteiger partial charge in [0.2, 0.25) is 0 Å². The molecule has 0 fully saturated rings. The highest BCUT2D eigenvalue weighted by Gasteiger charge is 2.25. The van der Waals surface area contributed by atoms with Crippen molar-refractivity contribution in [2.45, 2.75) is 206 Å². The van der Waals surface area contributed by atoms with Gasteiger partial charge in [-0.25, -0.2) is 4.79 Å². The number of quaternary nitrogens is 1. The molecule has 0 aliphatic heterocycles. The van der Waals surface area contributed by atoms with Crippen LogP contribution in [-0.4, -0.2) is 87.4 Å². The molecule has 2 atom stereocenters. The van der Waals surface area contributed by atoms with Crippen LogP contribution in [0, 0.1) is 0 Å². The second-order valence-corrected chi connectivity index (χ2v) is 21.2. The van der Waals surface area contributed by atoms with E-state index >= 15 is 0 Å². The molecule has 0 amide bonds. The van der Waals surface area contributed by atoms with Crippen LogP contribution in [0.3, 0.4) is 0 Å². The van der Waals surface area contributed by atoms with Gasteiger partial charge in [0.15, 0.2) is 6.10 Å². The van der Waals surface area contributed by atoms with E-state index in [1.165, 1.54) is 0 Å². The van der Waals surface area contributed by atoms with E-state index in [1.54, 1.807) is 0 Å². The molecule has 0 aromatic rings. The van der Waals surface area contributed by atoms with Gasteiger partial charge in [-0.2, -0.15) is 0 Å². The Kier molecular flexibility index (Phi) is 57.8. The Morgan fingerprint density at radius 3 is 0.988 bits per heavy atom. The van der Waals surface area contributed by atoms with E-state index in [2.05, 4.69) is 208 Å². The van der Waals surface area contributed by atoms with Gasteiger partial charge < -0.3 is 28.5 Å². The van der Waals surface area contributed by atoms with Crippen molar-refractivity contribution in [1.82, 2.24) is 0 Å². The monoisotopic (exact) mass is 1140 g/mol. The maximum absolute atomic E-state index is 12.9. The van der Waals surface area contributed by atoms with Crippen LogP contribution in [0.5, 0.6) is 0 Å². The van der Waals surface area contributed by atoms with Crippen LogP contribution in [0.2, 0.25) is 0 Å². The zero-order chi connectivity index (χ0) is 60.5. The second kappa shape index (κ2) is 62.2. The minimum absolute atomic E-state index is 0.164. The van der Waals surface area contributed by atoms with Crippen LogP contribution in [-0.2, 0) is 33.3 Å². The predicted molar refractivity (Wildman–Crippen MR) is 354 cm³/mol. The Morgan fingerprint density at radius 1 is 0.361 bits per heavy atom. The summed E-state index contributed by atoms with van der Waals surface area (Å²) in [5.41, 5.74) is 0. The quantitative estimate of drug-likeness (QED) is 0.0211. The first-order valence-corrected chi connectivity index (χ1v) is 31.6. The number of likely N-dealkylation sites (N-methyl/N-ethyl adjacent to an activating group) is 1. The van der Waals surface area contributed by atoms with Crippen LogP contribution in [0.4, 0.5) is 0 Å². The van der Waals surface area contributed by atoms with Gasteiger partial charge in [0.05, 0.1) is 34.4 Å². The normalized spacial score (nSPS) is 14.1. The first-order chi connectivity index (χ1) is 40.6. The molecule has 9 heteroatoms. The van der Waals surface area contributed by atoms with Gasteiger partial charge in [-0.3, -0.25) is 9.59 Å². The molecule has 2 unspecified atom stereocenters. The summed E-state index contributed by atoms with van der Waals surface area (Å²) < 4.78 is 22.8. The van der Waals surface area contributed by atoms with Crippen LogP contribution in [0.15, 0.2) is 194 Å². The fourth-order valence-corrected chi connectivity index (χ4v) is 7.57. The number of rotatable bonds is 55. The molecule has 0 heterocycles. The molecule has 0 aromatic heterocycles. The molecule has 0 radical (unpaired) electrons. The molecule has 0 aliphatic carbocycles. The minimum atomic E-state index is -1.54. The number of hydrogen-bond acceptors (Lipinski definition) is 7. The van der Waals surface area contributed by atoms with E-state index in [1.807, 2.05) is 21.1 Å². The Bertz CT molecular complexity index is 2060. The first-order valence-electron chi connectivity index (χ1n) is 31.6. The molecule has 0 saturated carbocycles. The Labute approximate surface area is 506 Å². The van der Waals surface area contributed by atoms with Crippen molar-refractivity contribution in [2.24, 2.45) is 0 Å². The number of esters is 2.